The highest BCUT2D eigenvalue weighted by Gasteiger charge is 2.14. The molecule has 0 radical (unpaired) electrons. The van der Waals surface area contributed by atoms with Crippen molar-refractivity contribution in [1.82, 2.24) is 5.32 Å². The maximum absolute atomic E-state index is 5.20. The minimum Gasteiger partial charge on any atom is -0.380 e. The van der Waals surface area contributed by atoms with E-state index < -0.39 is 0 Å². The normalized spacial score (nSPS) is 27.7. The monoisotopic (exact) mass is 131 g/mol. The van der Waals surface area contributed by atoms with Gasteiger partial charge in [-0.05, 0) is 6.42 Å². The van der Waals surface area contributed by atoms with Crippen molar-refractivity contribution in [3.05, 3.63) is 0 Å². The summed E-state index contributed by atoms with van der Waals surface area (Å²) in [5.74, 6) is 0. The lowest BCUT2D eigenvalue weighted by Gasteiger charge is -2.12. The summed E-state index contributed by atoms with van der Waals surface area (Å²) in [5.41, 5.74) is 0. The maximum atomic E-state index is 5.20. The Kier molecular flexibility index (Phi) is 2.49. The zero-order valence-electron chi connectivity index (χ0n) is 6.18. The summed E-state index contributed by atoms with van der Waals surface area (Å²) in [5, 5.41) is 3.42. The van der Waals surface area contributed by atoms with Crippen LogP contribution in [0.4, 0.5) is 0 Å². The number of nitrogens with one attached hydrogen (secondary N) is 1. The van der Waals surface area contributed by atoms with Gasteiger partial charge in [-0.2, -0.15) is 0 Å². The van der Waals surface area contributed by atoms with E-state index >= 15 is 0 Å². The highest BCUT2D eigenvalue weighted by atomic mass is 16.5. The Morgan fingerprint density at radius 3 is 2.89 bits per heavy atom. The van der Waals surface area contributed by atoms with Crippen LogP contribution in [0.3, 0.4) is 0 Å². The zero-order chi connectivity index (χ0) is 6.69. The van der Waals surface area contributed by atoms with Gasteiger partial charge in [0.2, 0.25) is 0 Å². The third-order valence-corrected chi connectivity index (χ3v) is 1.50. The maximum Gasteiger partial charge on any atom is 0.0620 e. The van der Waals surface area contributed by atoms with Crippen LogP contribution in [0.1, 0.15) is 21.7 Å². The van der Waals surface area contributed by atoms with Gasteiger partial charge in [-0.15, -0.1) is 0 Å². The molecule has 2 nitrogen and oxygen atoms in total. The van der Waals surface area contributed by atoms with Crippen LogP contribution in [0.5, 0.6) is 0 Å². The molecule has 0 bridgehead atoms. The molecule has 1 fully saturated rings. The molecular weight excluding hydrogens is 114 g/mol. The average Bonchev–Trinajstić information content (AvgIpc) is 2.15. The third kappa shape index (κ3) is 2.33. The summed E-state index contributed by atoms with van der Waals surface area (Å²) >= 11 is 0. The fraction of sp³-hybridized carbons (Fsp3) is 1.00. The molecule has 2 heteroatoms. The molecule has 1 atom stereocenters. The van der Waals surface area contributed by atoms with Gasteiger partial charge in [-0.1, -0.05) is 13.8 Å². The van der Waals surface area contributed by atoms with Gasteiger partial charge in [0.05, 0.1) is 6.61 Å². The van der Waals surface area contributed by atoms with Crippen LogP contribution in [0.25, 0.3) is 0 Å². The summed E-state index contributed by atoms with van der Waals surface area (Å²) in [6.45, 7) is 6.17. The van der Waals surface area contributed by atoms with Crippen molar-refractivity contribution in [3.63, 3.8) is 0 Å². The molecule has 0 amide bonds. The van der Waals surface area contributed by atoms with Crippen molar-refractivity contribution < 1.29 is 6.16 Å². The minimum atomic E-state index is 0. The molecule has 1 N–H and O–H groups in total. The molecule has 0 aromatic carbocycles. The molecule has 0 aliphatic carbocycles. The quantitative estimate of drug-likeness (QED) is 0.604. The first-order valence-electron chi connectivity index (χ1n) is 3.63. The number of hydrogen-bond donors (Lipinski definition) is 1. The van der Waals surface area contributed by atoms with Crippen LogP contribution in [0.15, 0.2) is 0 Å². The summed E-state index contributed by atoms with van der Waals surface area (Å²) < 4.78 is 5.20. The molecule has 1 heterocycles. The van der Waals surface area contributed by atoms with Crippen LogP contribution in [0, 0.1) is 0 Å². The smallest absolute Gasteiger partial charge is 0.0620 e. The van der Waals surface area contributed by atoms with Crippen molar-refractivity contribution >= 4 is 0 Å². The Morgan fingerprint density at radius 1 is 1.67 bits per heavy atom. The van der Waals surface area contributed by atoms with Gasteiger partial charge in [-0.3, -0.25) is 0 Å². The number of ether oxygens (including phenoxy) is 1. The molecular formula is C7H17NO. The topological polar surface area (TPSA) is 21.3 Å². The second-order valence-electron chi connectivity index (χ2n) is 2.88. The van der Waals surface area contributed by atoms with E-state index in [1.54, 1.807) is 0 Å². The fourth-order valence-corrected chi connectivity index (χ4v) is 1.14. The van der Waals surface area contributed by atoms with Crippen molar-refractivity contribution in [2.45, 2.75) is 32.4 Å². The lowest BCUT2D eigenvalue weighted by atomic mass is 10.2. The zero-order valence-corrected chi connectivity index (χ0v) is 6.18. The molecule has 56 valence electrons. The van der Waals surface area contributed by atoms with Crippen molar-refractivity contribution in [1.29, 1.82) is 0 Å². The Labute approximate surface area is 58.1 Å². The highest BCUT2D eigenvalue weighted by Crippen LogP contribution is 2.03. The SMILES string of the molecule is CC(C)N[C@@H]1CCOC1.[HH]. The van der Waals surface area contributed by atoms with E-state index in [9.17, 15) is 0 Å². The van der Waals surface area contributed by atoms with E-state index in [2.05, 4.69) is 19.2 Å². The predicted octanol–water partition coefficient (Wildman–Crippen LogP) is 1.02. The Bertz CT molecular complexity index is 81.7. The minimum absolute atomic E-state index is 0. The second kappa shape index (κ2) is 3.18. The first-order chi connectivity index (χ1) is 4.29. The van der Waals surface area contributed by atoms with Crippen molar-refractivity contribution in [3.8, 4) is 0 Å². The van der Waals surface area contributed by atoms with Crippen LogP contribution in [-0.2, 0) is 4.74 Å². The molecule has 1 saturated heterocycles. The van der Waals surface area contributed by atoms with Gasteiger partial charge in [0.25, 0.3) is 0 Å². The number of hydrogen-bond acceptors (Lipinski definition) is 2. The first-order valence-corrected chi connectivity index (χ1v) is 3.63. The van der Waals surface area contributed by atoms with Gasteiger partial charge in [0.15, 0.2) is 0 Å². The lowest BCUT2D eigenvalue weighted by Crippen LogP contribution is -2.34. The first kappa shape index (κ1) is 7.03. The van der Waals surface area contributed by atoms with E-state index in [4.69, 9.17) is 4.74 Å². The van der Waals surface area contributed by atoms with E-state index in [0.29, 0.717) is 12.1 Å². The fourth-order valence-electron chi connectivity index (χ4n) is 1.14. The Morgan fingerprint density at radius 2 is 2.44 bits per heavy atom. The molecule has 1 aliphatic heterocycles. The van der Waals surface area contributed by atoms with Gasteiger partial charge < -0.3 is 10.1 Å². The molecule has 1 rings (SSSR count). The van der Waals surface area contributed by atoms with E-state index in [0.717, 1.165) is 13.2 Å². The largest absolute Gasteiger partial charge is 0.380 e. The lowest BCUT2D eigenvalue weighted by molar-refractivity contribution is 0.188. The number of rotatable bonds is 2. The van der Waals surface area contributed by atoms with Crippen molar-refractivity contribution in [2.75, 3.05) is 13.2 Å². The third-order valence-electron chi connectivity index (χ3n) is 1.50. The van der Waals surface area contributed by atoms with E-state index in [1.165, 1.54) is 6.42 Å². The Hall–Kier alpha value is -0.0800. The molecule has 0 unspecified atom stereocenters. The standard InChI is InChI=1S/C7H15NO.H2/c1-6(2)8-7-3-4-9-5-7;/h6-8H,3-5H2,1-2H3;1H/t7-;/m1./s1. The Balaban J connectivity index is 0.000000810. The molecule has 0 aromatic heterocycles. The van der Waals surface area contributed by atoms with E-state index in [-0.39, 0.29) is 1.43 Å². The summed E-state index contributed by atoms with van der Waals surface area (Å²) in [6, 6.07) is 1.21. The van der Waals surface area contributed by atoms with Crippen LogP contribution >= 0.6 is 0 Å². The summed E-state index contributed by atoms with van der Waals surface area (Å²) in [7, 11) is 0. The predicted molar refractivity (Wildman–Crippen MR) is 39.6 cm³/mol. The van der Waals surface area contributed by atoms with Crippen LogP contribution in [-0.4, -0.2) is 25.3 Å². The highest BCUT2D eigenvalue weighted by molar-refractivity contribution is 4.72. The van der Waals surface area contributed by atoms with Crippen LogP contribution in [0.2, 0.25) is 0 Å². The average molecular weight is 131 g/mol. The van der Waals surface area contributed by atoms with Gasteiger partial charge in [0.1, 0.15) is 0 Å². The van der Waals surface area contributed by atoms with Crippen molar-refractivity contribution in [2.24, 2.45) is 0 Å². The summed E-state index contributed by atoms with van der Waals surface area (Å²) in [6.07, 6.45) is 1.18. The molecule has 9 heavy (non-hydrogen) atoms. The van der Waals surface area contributed by atoms with Gasteiger partial charge >= 0.3 is 0 Å². The van der Waals surface area contributed by atoms with E-state index in [1.807, 2.05) is 0 Å². The molecule has 0 spiro atoms. The van der Waals surface area contributed by atoms with Crippen LogP contribution < -0.4 is 5.32 Å². The van der Waals surface area contributed by atoms with Gasteiger partial charge in [-0.25, -0.2) is 0 Å². The molecule has 0 saturated carbocycles. The summed E-state index contributed by atoms with van der Waals surface area (Å²) in [4.78, 5) is 0. The molecule has 1 aliphatic rings. The molecule has 0 aromatic rings. The van der Waals surface area contributed by atoms with Gasteiger partial charge in [0, 0.05) is 20.1 Å². The second-order valence-corrected chi connectivity index (χ2v) is 2.88.